The molecule has 1 aliphatic rings. The van der Waals surface area contributed by atoms with Gasteiger partial charge in [-0.25, -0.2) is 4.99 Å². The van der Waals surface area contributed by atoms with E-state index in [2.05, 4.69) is 50.4 Å². The Morgan fingerprint density at radius 2 is 1.98 bits per heavy atom. The molecule has 2 heterocycles. The summed E-state index contributed by atoms with van der Waals surface area (Å²) in [6.07, 6.45) is 3.48. The molecule has 0 aliphatic carbocycles. The van der Waals surface area contributed by atoms with Crippen LogP contribution in [-0.4, -0.2) is 24.2 Å². The first-order valence-electron chi connectivity index (χ1n) is 12.6. The zero-order valence-electron chi connectivity index (χ0n) is 22.2. The Hall–Kier alpha value is -3.48. The molecule has 0 fully saturated rings. The fourth-order valence-electron chi connectivity index (χ4n) is 4.58. The number of amides is 1. The Morgan fingerprint density at radius 3 is 2.71 bits per heavy atom. The smallest absolute Gasteiger partial charge is 0.271 e. The first-order chi connectivity index (χ1) is 19.8. The van der Waals surface area contributed by atoms with Gasteiger partial charge in [-0.2, -0.15) is 0 Å². The number of rotatable bonds is 8. The summed E-state index contributed by atoms with van der Waals surface area (Å²) >= 11 is 7.03. The molecular formula is C31H25BrIN3O4S. The highest BCUT2D eigenvalue weighted by molar-refractivity contribution is 14.1. The molecule has 4 aromatic rings. The van der Waals surface area contributed by atoms with Gasteiger partial charge < -0.3 is 14.8 Å². The standard InChI is InChI=1S/C31H25BrIN3O4S/c1-4-13-40-28-20(14-21(32)17-24(28)33)16-25-30(38)36-27(19-9-8-12-23(15-19)39-3)26(18(2)34-31(36)41-25)29(37)35-22-10-6-5-7-11-22/h4-12,14-17,27H,1,13H2,2-3H3,(H,35,37)/b25-16-/t27-/m0/s1. The van der Waals surface area contributed by atoms with Crippen LogP contribution in [0.3, 0.4) is 0 Å². The van der Waals surface area contributed by atoms with Gasteiger partial charge >= 0.3 is 0 Å². The minimum atomic E-state index is -0.716. The number of nitrogens with zero attached hydrogens (tertiary/aromatic N) is 2. The Kier molecular flexibility index (Phi) is 8.91. The van der Waals surface area contributed by atoms with Gasteiger partial charge in [0.2, 0.25) is 0 Å². The SMILES string of the molecule is C=CCOc1c(I)cc(Br)cc1/C=c1\sc2n(c1=O)[C@@H](c1cccc(OC)c1)C(C(=O)Nc1ccccc1)=C(C)N=2. The third-order valence-electron chi connectivity index (χ3n) is 6.38. The molecule has 0 saturated heterocycles. The predicted octanol–water partition coefficient (Wildman–Crippen LogP) is 5.81. The van der Waals surface area contributed by atoms with Crippen molar-refractivity contribution in [1.82, 2.24) is 4.57 Å². The Balaban J connectivity index is 1.70. The Labute approximate surface area is 262 Å². The Morgan fingerprint density at radius 1 is 1.20 bits per heavy atom. The molecule has 3 aromatic carbocycles. The summed E-state index contributed by atoms with van der Waals surface area (Å²) in [6, 6.07) is 19.7. The van der Waals surface area contributed by atoms with Gasteiger partial charge in [0.25, 0.3) is 11.5 Å². The highest BCUT2D eigenvalue weighted by Gasteiger charge is 2.33. The predicted molar refractivity (Wildman–Crippen MR) is 174 cm³/mol. The molecule has 0 bridgehead atoms. The van der Waals surface area contributed by atoms with E-state index in [1.54, 1.807) is 30.8 Å². The average Bonchev–Trinajstić information content (AvgIpc) is 3.26. The van der Waals surface area contributed by atoms with Gasteiger partial charge in [0.05, 0.1) is 32.5 Å². The highest BCUT2D eigenvalue weighted by Crippen LogP contribution is 2.33. The summed E-state index contributed by atoms with van der Waals surface area (Å²) < 4.78 is 15.2. The van der Waals surface area contributed by atoms with Gasteiger partial charge in [0.15, 0.2) is 4.80 Å². The van der Waals surface area contributed by atoms with Crippen LogP contribution in [0.1, 0.15) is 24.1 Å². The van der Waals surface area contributed by atoms with Crippen LogP contribution in [0.25, 0.3) is 6.08 Å². The quantitative estimate of drug-likeness (QED) is 0.183. The van der Waals surface area contributed by atoms with Crippen LogP contribution in [0.2, 0.25) is 0 Å². The van der Waals surface area contributed by atoms with E-state index in [1.165, 1.54) is 11.3 Å². The molecular weight excluding hydrogens is 717 g/mol. The largest absolute Gasteiger partial charge is 0.497 e. The third-order valence-corrected chi connectivity index (χ3v) is 8.62. The second-order valence-corrected chi connectivity index (χ2v) is 12.2. The summed E-state index contributed by atoms with van der Waals surface area (Å²) in [5, 5.41) is 2.97. The minimum Gasteiger partial charge on any atom is -0.497 e. The summed E-state index contributed by atoms with van der Waals surface area (Å²) in [6.45, 7) is 5.86. The lowest BCUT2D eigenvalue weighted by Gasteiger charge is -2.25. The molecule has 1 aromatic heterocycles. The van der Waals surface area contributed by atoms with E-state index in [9.17, 15) is 9.59 Å². The summed E-state index contributed by atoms with van der Waals surface area (Å²) in [4.78, 5) is 33.1. The normalized spacial score (nSPS) is 14.7. The second kappa shape index (κ2) is 12.6. The van der Waals surface area contributed by atoms with Crippen molar-refractivity contribution in [1.29, 1.82) is 0 Å². The minimum absolute atomic E-state index is 0.260. The van der Waals surface area contributed by atoms with Crippen molar-refractivity contribution < 1.29 is 14.3 Å². The molecule has 5 rings (SSSR count). The van der Waals surface area contributed by atoms with Gasteiger partial charge in [0.1, 0.15) is 18.1 Å². The van der Waals surface area contributed by atoms with E-state index in [1.807, 2.05) is 66.7 Å². The summed E-state index contributed by atoms with van der Waals surface area (Å²) in [7, 11) is 1.58. The van der Waals surface area contributed by atoms with Gasteiger partial charge in [-0.3, -0.25) is 14.2 Å². The molecule has 1 N–H and O–H groups in total. The van der Waals surface area contributed by atoms with Crippen LogP contribution < -0.4 is 29.7 Å². The second-order valence-electron chi connectivity index (χ2n) is 9.08. The number of benzene rings is 3. The highest BCUT2D eigenvalue weighted by atomic mass is 127. The lowest BCUT2D eigenvalue weighted by molar-refractivity contribution is -0.113. The first kappa shape index (κ1) is 29.0. The number of nitrogens with one attached hydrogen (secondary N) is 1. The number of allylic oxidation sites excluding steroid dienone is 1. The van der Waals surface area contributed by atoms with Gasteiger partial charge in [-0.05, 0) is 77.6 Å². The molecule has 0 unspecified atom stereocenters. The molecule has 7 nitrogen and oxygen atoms in total. The van der Waals surface area contributed by atoms with Gasteiger partial charge in [0, 0.05) is 15.7 Å². The fraction of sp³-hybridized carbons (Fsp3) is 0.129. The monoisotopic (exact) mass is 741 g/mol. The average molecular weight is 742 g/mol. The molecule has 208 valence electrons. The molecule has 1 atom stereocenters. The van der Waals surface area contributed by atoms with E-state index in [-0.39, 0.29) is 11.5 Å². The number of halogens is 2. The van der Waals surface area contributed by atoms with Crippen molar-refractivity contribution in [3.63, 3.8) is 0 Å². The number of anilines is 1. The van der Waals surface area contributed by atoms with E-state index in [0.717, 1.165) is 19.2 Å². The van der Waals surface area contributed by atoms with Crippen molar-refractivity contribution in [2.24, 2.45) is 4.99 Å². The molecule has 10 heteroatoms. The molecule has 1 aliphatic heterocycles. The van der Waals surface area contributed by atoms with Gasteiger partial charge in [-0.15, -0.1) is 0 Å². The number of para-hydroxylation sites is 1. The summed E-state index contributed by atoms with van der Waals surface area (Å²) in [5.41, 5.74) is 2.78. The molecule has 0 saturated carbocycles. The number of hydrogen-bond acceptors (Lipinski definition) is 6. The zero-order chi connectivity index (χ0) is 29.1. The molecule has 0 radical (unpaired) electrons. The number of ether oxygens (including phenoxy) is 2. The molecule has 1 amide bonds. The van der Waals surface area contributed by atoms with Crippen molar-refractivity contribution in [3.05, 3.63) is 130 Å². The van der Waals surface area contributed by atoms with Crippen molar-refractivity contribution in [3.8, 4) is 11.5 Å². The number of thiazole rings is 1. The lowest BCUT2D eigenvalue weighted by atomic mass is 9.95. The number of carbonyl (C=O) groups is 1. The van der Waals surface area contributed by atoms with Crippen LogP contribution in [0.15, 0.2) is 105 Å². The fourth-order valence-corrected chi connectivity index (χ4v) is 7.33. The van der Waals surface area contributed by atoms with Crippen LogP contribution >= 0.6 is 49.9 Å². The topological polar surface area (TPSA) is 81.9 Å². The maximum absolute atomic E-state index is 14.1. The van der Waals surface area contributed by atoms with Crippen LogP contribution in [-0.2, 0) is 4.79 Å². The number of fused-ring (bicyclic) bond motifs is 1. The lowest BCUT2D eigenvalue weighted by Crippen LogP contribution is -2.40. The summed E-state index contributed by atoms with van der Waals surface area (Å²) in [5.74, 6) is 0.944. The van der Waals surface area contributed by atoms with E-state index >= 15 is 0 Å². The van der Waals surface area contributed by atoms with E-state index < -0.39 is 6.04 Å². The number of carbonyl (C=O) groups excluding carboxylic acids is 1. The number of methoxy groups -OCH3 is 1. The van der Waals surface area contributed by atoms with Crippen molar-refractivity contribution >= 4 is 67.5 Å². The molecule has 41 heavy (non-hydrogen) atoms. The van der Waals surface area contributed by atoms with Crippen molar-refractivity contribution in [2.75, 3.05) is 19.0 Å². The van der Waals surface area contributed by atoms with E-state index in [0.29, 0.717) is 44.4 Å². The maximum atomic E-state index is 14.1. The van der Waals surface area contributed by atoms with E-state index in [4.69, 9.17) is 14.5 Å². The van der Waals surface area contributed by atoms with Crippen LogP contribution in [0, 0.1) is 3.57 Å². The maximum Gasteiger partial charge on any atom is 0.271 e. The van der Waals surface area contributed by atoms with Crippen LogP contribution in [0.5, 0.6) is 11.5 Å². The number of hydrogen-bond donors (Lipinski definition) is 1. The Bertz CT molecular complexity index is 1860. The molecule has 0 spiro atoms. The van der Waals surface area contributed by atoms with Crippen LogP contribution in [0.4, 0.5) is 5.69 Å². The first-order valence-corrected chi connectivity index (χ1v) is 15.2. The zero-order valence-corrected chi connectivity index (χ0v) is 26.7. The van der Waals surface area contributed by atoms with Crippen molar-refractivity contribution in [2.45, 2.75) is 13.0 Å². The number of aromatic nitrogens is 1. The third kappa shape index (κ3) is 6.09. The van der Waals surface area contributed by atoms with Gasteiger partial charge in [-0.1, -0.05) is 70.3 Å².